The van der Waals surface area contributed by atoms with E-state index >= 15 is 0 Å². The van der Waals surface area contributed by atoms with Crippen molar-refractivity contribution in [1.82, 2.24) is 19.8 Å². The number of aryl methyl sites for hydroxylation is 1. The molecule has 4 heteroatoms. The van der Waals surface area contributed by atoms with Crippen molar-refractivity contribution < 1.29 is 0 Å². The number of hydrogen-bond acceptors (Lipinski definition) is 3. The maximum absolute atomic E-state index is 4.54. The molecule has 0 unspecified atom stereocenters. The fourth-order valence-electron chi connectivity index (χ4n) is 3.14. The SMILES string of the molecule is CCCN1CCC(N[C@@H](c2nccn2C)C(C)C)CC1. The minimum atomic E-state index is 0.359. The summed E-state index contributed by atoms with van der Waals surface area (Å²) in [5, 5.41) is 3.85. The van der Waals surface area contributed by atoms with Gasteiger partial charge in [0.15, 0.2) is 0 Å². The van der Waals surface area contributed by atoms with Crippen LogP contribution in [-0.4, -0.2) is 40.1 Å². The Morgan fingerprint density at radius 1 is 1.35 bits per heavy atom. The van der Waals surface area contributed by atoms with E-state index in [1.807, 2.05) is 12.4 Å². The van der Waals surface area contributed by atoms with E-state index in [0.29, 0.717) is 18.0 Å². The molecule has 1 N–H and O–H groups in total. The molecule has 0 radical (unpaired) electrons. The minimum Gasteiger partial charge on any atom is -0.337 e. The number of aromatic nitrogens is 2. The van der Waals surface area contributed by atoms with Gasteiger partial charge < -0.3 is 14.8 Å². The summed E-state index contributed by atoms with van der Waals surface area (Å²) in [6, 6.07) is 0.991. The molecule has 0 saturated carbocycles. The van der Waals surface area contributed by atoms with Crippen molar-refractivity contribution in [2.75, 3.05) is 19.6 Å². The Labute approximate surface area is 123 Å². The topological polar surface area (TPSA) is 33.1 Å². The second-order valence-corrected chi connectivity index (χ2v) is 6.40. The molecule has 1 atom stereocenters. The highest BCUT2D eigenvalue weighted by molar-refractivity contribution is 5.01. The van der Waals surface area contributed by atoms with Crippen LogP contribution < -0.4 is 5.32 Å². The van der Waals surface area contributed by atoms with Crippen LogP contribution in [-0.2, 0) is 7.05 Å². The number of rotatable bonds is 6. The molecule has 0 amide bonds. The zero-order valence-electron chi connectivity index (χ0n) is 13.5. The lowest BCUT2D eigenvalue weighted by Gasteiger charge is -2.35. The first-order valence-electron chi connectivity index (χ1n) is 8.07. The third-order valence-electron chi connectivity index (χ3n) is 4.35. The Morgan fingerprint density at radius 3 is 2.55 bits per heavy atom. The molecule has 2 rings (SSSR count). The van der Waals surface area contributed by atoms with Crippen molar-refractivity contribution in [2.24, 2.45) is 13.0 Å². The minimum absolute atomic E-state index is 0.359. The van der Waals surface area contributed by atoms with E-state index in [4.69, 9.17) is 0 Å². The molecule has 1 aromatic heterocycles. The highest BCUT2D eigenvalue weighted by atomic mass is 15.2. The summed E-state index contributed by atoms with van der Waals surface area (Å²) in [5.74, 6) is 1.72. The molecule has 114 valence electrons. The van der Waals surface area contributed by atoms with Crippen LogP contribution in [0.25, 0.3) is 0 Å². The maximum Gasteiger partial charge on any atom is 0.125 e. The first-order chi connectivity index (χ1) is 9.61. The third-order valence-corrected chi connectivity index (χ3v) is 4.35. The number of hydrogen-bond donors (Lipinski definition) is 1. The Balaban J connectivity index is 1.92. The van der Waals surface area contributed by atoms with Crippen molar-refractivity contribution in [1.29, 1.82) is 0 Å². The number of likely N-dealkylation sites (tertiary alicyclic amines) is 1. The van der Waals surface area contributed by atoms with E-state index < -0.39 is 0 Å². The zero-order valence-corrected chi connectivity index (χ0v) is 13.5. The lowest BCUT2D eigenvalue weighted by Crippen LogP contribution is -2.45. The Hall–Kier alpha value is -0.870. The van der Waals surface area contributed by atoms with E-state index in [2.05, 4.69) is 47.6 Å². The fourth-order valence-corrected chi connectivity index (χ4v) is 3.14. The maximum atomic E-state index is 4.54. The molecule has 1 aliphatic rings. The fraction of sp³-hybridized carbons (Fsp3) is 0.812. The summed E-state index contributed by atoms with van der Waals surface area (Å²) >= 11 is 0. The molecule has 0 spiro atoms. The van der Waals surface area contributed by atoms with Crippen LogP contribution in [0.5, 0.6) is 0 Å². The Morgan fingerprint density at radius 2 is 2.05 bits per heavy atom. The van der Waals surface area contributed by atoms with Crippen molar-refractivity contribution in [3.63, 3.8) is 0 Å². The second kappa shape index (κ2) is 7.23. The van der Waals surface area contributed by atoms with Crippen LogP contribution in [0.1, 0.15) is 51.9 Å². The van der Waals surface area contributed by atoms with Gasteiger partial charge in [-0.25, -0.2) is 4.98 Å². The van der Waals surface area contributed by atoms with Crippen LogP contribution in [0.2, 0.25) is 0 Å². The number of nitrogens with one attached hydrogen (secondary N) is 1. The van der Waals surface area contributed by atoms with Crippen LogP contribution >= 0.6 is 0 Å². The Bertz CT molecular complexity index is 391. The van der Waals surface area contributed by atoms with E-state index in [-0.39, 0.29) is 0 Å². The van der Waals surface area contributed by atoms with Crippen molar-refractivity contribution in [3.05, 3.63) is 18.2 Å². The lowest BCUT2D eigenvalue weighted by molar-refractivity contribution is 0.182. The van der Waals surface area contributed by atoms with Gasteiger partial charge >= 0.3 is 0 Å². The quantitative estimate of drug-likeness (QED) is 0.868. The number of piperidine rings is 1. The summed E-state index contributed by atoms with van der Waals surface area (Å²) in [4.78, 5) is 7.12. The summed E-state index contributed by atoms with van der Waals surface area (Å²) in [7, 11) is 2.09. The van der Waals surface area contributed by atoms with Crippen LogP contribution in [0, 0.1) is 5.92 Å². The molecule has 0 aromatic carbocycles. The first kappa shape index (κ1) is 15.5. The average molecular weight is 278 g/mol. The molecule has 1 saturated heterocycles. The lowest BCUT2D eigenvalue weighted by atomic mass is 9.98. The van der Waals surface area contributed by atoms with Gasteiger partial charge in [0.05, 0.1) is 6.04 Å². The average Bonchev–Trinajstić information content (AvgIpc) is 2.84. The van der Waals surface area contributed by atoms with E-state index in [9.17, 15) is 0 Å². The molecule has 2 heterocycles. The highest BCUT2D eigenvalue weighted by Crippen LogP contribution is 2.23. The first-order valence-corrected chi connectivity index (χ1v) is 8.07. The van der Waals surface area contributed by atoms with Gasteiger partial charge in [-0.15, -0.1) is 0 Å². The summed E-state index contributed by atoms with van der Waals surface area (Å²) < 4.78 is 2.14. The summed E-state index contributed by atoms with van der Waals surface area (Å²) in [5.41, 5.74) is 0. The number of imidazole rings is 1. The van der Waals surface area contributed by atoms with Gasteiger partial charge in [0, 0.05) is 25.5 Å². The molecule has 4 nitrogen and oxygen atoms in total. The van der Waals surface area contributed by atoms with Crippen molar-refractivity contribution in [2.45, 2.75) is 52.1 Å². The Kier molecular flexibility index (Phi) is 5.61. The summed E-state index contributed by atoms with van der Waals surface area (Å²) in [6.07, 6.45) is 7.72. The molecule has 1 aliphatic heterocycles. The van der Waals surface area contributed by atoms with Gasteiger partial charge in [0.1, 0.15) is 5.82 Å². The largest absolute Gasteiger partial charge is 0.337 e. The molecule has 0 bridgehead atoms. The standard InChI is InChI=1S/C16H30N4/c1-5-9-20-10-6-14(7-11-20)18-15(13(2)3)16-17-8-12-19(16)4/h8,12-15,18H,5-7,9-11H2,1-4H3/t15-/m1/s1. The van der Waals surface area contributed by atoms with E-state index in [1.165, 1.54) is 38.9 Å². The third kappa shape index (κ3) is 3.83. The predicted molar refractivity (Wildman–Crippen MR) is 83.7 cm³/mol. The van der Waals surface area contributed by atoms with Gasteiger partial charge in [0.25, 0.3) is 0 Å². The van der Waals surface area contributed by atoms with Crippen LogP contribution in [0.4, 0.5) is 0 Å². The predicted octanol–water partition coefficient (Wildman–Crippen LogP) is 2.58. The molecular weight excluding hydrogens is 248 g/mol. The van der Waals surface area contributed by atoms with Gasteiger partial charge in [-0.05, 0) is 44.8 Å². The van der Waals surface area contributed by atoms with Gasteiger partial charge in [-0.1, -0.05) is 20.8 Å². The smallest absolute Gasteiger partial charge is 0.125 e. The normalized spacial score (nSPS) is 19.6. The van der Waals surface area contributed by atoms with Crippen LogP contribution in [0.15, 0.2) is 12.4 Å². The van der Waals surface area contributed by atoms with Crippen molar-refractivity contribution in [3.8, 4) is 0 Å². The number of nitrogens with zero attached hydrogens (tertiary/aromatic N) is 3. The van der Waals surface area contributed by atoms with Gasteiger partial charge in [-0.3, -0.25) is 0 Å². The van der Waals surface area contributed by atoms with E-state index in [1.54, 1.807) is 0 Å². The second-order valence-electron chi connectivity index (χ2n) is 6.40. The van der Waals surface area contributed by atoms with E-state index in [0.717, 1.165) is 5.82 Å². The monoisotopic (exact) mass is 278 g/mol. The van der Waals surface area contributed by atoms with Gasteiger partial charge in [0.2, 0.25) is 0 Å². The summed E-state index contributed by atoms with van der Waals surface area (Å²) in [6.45, 7) is 10.5. The highest BCUT2D eigenvalue weighted by Gasteiger charge is 2.25. The molecule has 1 fully saturated rings. The molecule has 20 heavy (non-hydrogen) atoms. The molecule has 1 aromatic rings. The van der Waals surface area contributed by atoms with Gasteiger partial charge in [-0.2, -0.15) is 0 Å². The molecular formula is C16H30N4. The zero-order chi connectivity index (χ0) is 14.5. The molecule has 0 aliphatic carbocycles. The van der Waals surface area contributed by atoms with Crippen molar-refractivity contribution >= 4 is 0 Å². The van der Waals surface area contributed by atoms with Crippen LogP contribution in [0.3, 0.4) is 0 Å².